The molecule has 0 N–H and O–H groups in total. The van der Waals surface area contributed by atoms with Gasteiger partial charge in [0, 0.05) is 33.7 Å². The number of benzene rings is 1. The van der Waals surface area contributed by atoms with Gasteiger partial charge in [0.05, 0.1) is 10.7 Å². The number of ketones is 1. The fourth-order valence-electron chi connectivity index (χ4n) is 1.15. The van der Waals surface area contributed by atoms with Gasteiger partial charge in [0.15, 0.2) is 5.78 Å². The number of non-ortho nitro benzene ring substituents is 1. The summed E-state index contributed by atoms with van der Waals surface area (Å²) in [5, 5.41) is 10.3. The summed E-state index contributed by atoms with van der Waals surface area (Å²) in [5.74, 6) is -0.304. The lowest BCUT2D eigenvalue weighted by molar-refractivity contribution is -0.384. The van der Waals surface area contributed by atoms with Gasteiger partial charge in [0.25, 0.3) is 5.69 Å². The van der Waals surface area contributed by atoms with Crippen molar-refractivity contribution in [2.45, 2.75) is 19.1 Å². The van der Waals surface area contributed by atoms with Gasteiger partial charge < -0.3 is 0 Å². The zero-order valence-corrected chi connectivity index (χ0v) is 10.4. The molecule has 1 unspecified atom stereocenters. The molecule has 0 amide bonds. The Bertz CT molecular complexity index is 453. The number of nitro benzene ring substituents is 1. The van der Waals surface area contributed by atoms with Crippen LogP contribution < -0.4 is 0 Å². The summed E-state index contributed by atoms with van der Waals surface area (Å²) >= 11 is 0. The Morgan fingerprint density at radius 3 is 2.29 bits per heavy atom. The Hall–Kier alpha value is -1.56. The summed E-state index contributed by atoms with van der Waals surface area (Å²) in [6, 6.07) is 5.31. The van der Waals surface area contributed by atoms with E-state index in [0.29, 0.717) is 5.56 Å². The van der Waals surface area contributed by atoms with E-state index >= 15 is 0 Å². The lowest BCUT2D eigenvalue weighted by Crippen LogP contribution is -2.17. The number of hydrogen-bond acceptors (Lipinski definition) is 4. The summed E-state index contributed by atoms with van der Waals surface area (Å²) in [6.07, 6.45) is 0. The molecule has 0 radical (unpaired) electrons. The van der Waals surface area contributed by atoms with Gasteiger partial charge in [-0.3, -0.25) is 19.1 Å². The van der Waals surface area contributed by atoms with Crippen molar-refractivity contribution in [3.05, 3.63) is 39.9 Å². The number of hydrogen-bond donors (Lipinski definition) is 0. The summed E-state index contributed by atoms with van der Waals surface area (Å²) in [6.45, 7) is 3.55. The van der Waals surface area contributed by atoms with Crippen LogP contribution in [0.15, 0.2) is 24.3 Å². The van der Waals surface area contributed by atoms with E-state index in [9.17, 15) is 19.1 Å². The van der Waals surface area contributed by atoms with Crippen molar-refractivity contribution in [2.75, 3.05) is 5.75 Å². The topological polar surface area (TPSA) is 77.3 Å². The maximum absolute atomic E-state index is 11.7. The Morgan fingerprint density at radius 2 is 1.88 bits per heavy atom. The minimum absolute atomic E-state index is 0.0462. The van der Waals surface area contributed by atoms with Gasteiger partial charge in [-0.2, -0.15) is 0 Å². The molecule has 1 aromatic carbocycles. The Kier molecular flexibility index (Phi) is 4.51. The summed E-state index contributed by atoms with van der Waals surface area (Å²) in [7, 11) is -1.20. The van der Waals surface area contributed by atoms with Gasteiger partial charge in [-0.15, -0.1) is 0 Å². The van der Waals surface area contributed by atoms with E-state index in [0.717, 1.165) is 0 Å². The van der Waals surface area contributed by atoms with Crippen molar-refractivity contribution in [3.8, 4) is 0 Å². The zero-order chi connectivity index (χ0) is 13.0. The van der Waals surface area contributed by atoms with E-state index in [4.69, 9.17) is 0 Å². The highest BCUT2D eigenvalue weighted by Crippen LogP contribution is 2.13. The monoisotopic (exact) mass is 255 g/mol. The fourth-order valence-corrected chi connectivity index (χ4v) is 1.91. The van der Waals surface area contributed by atoms with Crippen molar-refractivity contribution in [1.82, 2.24) is 0 Å². The molecule has 0 aliphatic rings. The molecule has 17 heavy (non-hydrogen) atoms. The molecule has 0 spiro atoms. The number of nitro groups is 1. The van der Waals surface area contributed by atoms with Crippen LogP contribution in [0.25, 0.3) is 0 Å². The first kappa shape index (κ1) is 13.5. The molecule has 0 heterocycles. The minimum Gasteiger partial charge on any atom is -0.293 e. The minimum atomic E-state index is -1.20. The van der Waals surface area contributed by atoms with E-state index < -0.39 is 15.7 Å². The summed E-state index contributed by atoms with van der Waals surface area (Å²) < 4.78 is 11.5. The average Bonchev–Trinajstić information content (AvgIpc) is 2.28. The van der Waals surface area contributed by atoms with Crippen LogP contribution in [0.4, 0.5) is 5.69 Å². The summed E-state index contributed by atoms with van der Waals surface area (Å²) in [4.78, 5) is 21.6. The first-order valence-corrected chi connectivity index (χ1v) is 6.45. The number of rotatable bonds is 5. The SMILES string of the molecule is CC(C)S(=O)CC(=O)c1ccc([N+](=O)[O-])cc1. The molecule has 1 aromatic rings. The molecule has 5 nitrogen and oxygen atoms in total. The van der Waals surface area contributed by atoms with E-state index in [1.807, 2.05) is 0 Å². The highest BCUT2D eigenvalue weighted by molar-refractivity contribution is 7.86. The predicted octanol–water partition coefficient (Wildman–Crippen LogP) is 1.93. The van der Waals surface area contributed by atoms with Gasteiger partial charge in [-0.05, 0) is 12.1 Å². The Labute approximate surface area is 101 Å². The van der Waals surface area contributed by atoms with Crippen LogP contribution in [0.1, 0.15) is 24.2 Å². The second-order valence-corrected chi connectivity index (χ2v) is 5.79. The van der Waals surface area contributed by atoms with Crippen molar-refractivity contribution in [3.63, 3.8) is 0 Å². The molecule has 0 aromatic heterocycles. The van der Waals surface area contributed by atoms with Gasteiger partial charge >= 0.3 is 0 Å². The molecule has 0 aliphatic carbocycles. The van der Waals surface area contributed by atoms with Crippen molar-refractivity contribution >= 4 is 22.3 Å². The van der Waals surface area contributed by atoms with Crippen LogP contribution in [-0.4, -0.2) is 25.9 Å². The Morgan fingerprint density at radius 1 is 1.35 bits per heavy atom. The van der Waals surface area contributed by atoms with Crippen LogP contribution in [0.3, 0.4) is 0 Å². The van der Waals surface area contributed by atoms with E-state index in [1.165, 1.54) is 24.3 Å². The normalized spacial score (nSPS) is 12.4. The molecular weight excluding hydrogens is 242 g/mol. The van der Waals surface area contributed by atoms with Crippen molar-refractivity contribution < 1.29 is 13.9 Å². The average molecular weight is 255 g/mol. The number of carbonyl (C=O) groups excluding carboxylic acids is 1. The quantitative estimate of drug-likeness (QED) is 0.457. The third-order valence-electron chi connectivity index (χ3n) is 2.20. The number of carbonyl (C=O) groups is 1. The van der Waals surface area contributed by atoms with Gasteiger partial charge in [-0.1, -0.05) is 13.8 Å². The highest BCUT2D eigenvalue weighted by Gasteiger charge is 2.14. The van der Waals surface area contributed by atoms with Gasteiger partial charge in [0.1, 0.15) is 0 Å². The lowest BCUT2D eigenvalue weighted by atomic mass is 10.1. The maximum Gasteiger partial charge on any atom is 0.269 e. The largest absolute Gasteiger partial charge is 0.293 e. The van der Waals surface area contributed by atoms with Crippen molar-refractivity contribution in [2.24, 2.45) is 0 Å². The van der Waals surface area contributed by atoms with E-state index in [-0.39, 0.29) is 22.5 Å². The van der Waals surface area contributed by atoms with Gasteiger partial charge in [-0.25, -0.2) is 0 Å². The van der Waals surface area contributed by atoms with Crippen LogP contribution in [0.5, 0.6) is 0 Å². The third kappa shape index (κ3) is 3.74. The van der Waals surface area contributed by atoms with E-state index in [2.05, 4.69) is 0 Å². The van der Waals surface area contributed by atoms with Crippen molar-refractivity contribution in [1.29, 1.82) is 0 Å². The van der Waals surface area contributed by atoms with Crippen LogP contribution >= 0.6 is 0 Å². The second kappa shape index (κ2) is 5.67. The fraction of sp³-hybridized carbons (Fsp3) is 0.364. The molecule has 0 aliphatic heterocycles. The molecule has 1 rings (SSSR count). The second-order valence-electron chi connectivity index (χ2n) is 3.80. The van der Waals surface area contributed by atoms with Crippen LogP contribution in [0.2, 0.25) is 0 Å². The molecule has 92 valence electrons. The first-order valence-electron chi connectivity index (χ1n) is 5.06. The molecule has 0 fully saturated rings. The summed E-state index contributed by atoms with van der Waals surface area (Å²) in [5.41, 5.74) is 0.288. The number of nitrogens with zero attached hydrogens (tertiary/aromatic N) is 1. The zero-order valence-electron chi connectivity index (χ0n) is 9.58. The lowest BCUT2D eigenvalue weighted by Gasteiger charge is -2.04. The standard InChI is InChI=1S/C11H13NO4S/c1-8(2)17(16)7-11(13)9-3-5-10(6-4-9)12(14)15/h3-6,8H,7H2,1-2H3. The Balaban J connectivity index is 2.77. The molecular formula is C11H13NO4S. The third-order valence-corrected chi connectivity index (χ3v) is 3.80. The predicted molar refractivity (Wildman–Crippen MR) is 65.6 cm³/mol. The molecule has 1 atom stereocenters. The molecule has 0 bridgehead atoms. The van der Waals surface area contributed by atoms with Crippen LogP contribution in [0, 0.1) is 10.1 Å². The number of Topliss-reactive ketones (excluding diaryl/α,β-unsaturated/α-hetero) is 1. The molecule has 0 saturated heterocycles. The van der Waals surface area contributed by atoms with Crippen LogP contribution in [-0.2, 0) is 10.8 Å². The smallest absolute Gasteiger partial charge is 0.269 e. The molecule has 6 heteroatoms. The van der Waals surface area contributed by atoms with Gasteiger partial charge in [0.2, 0.25) is 0 Å². The van der Waals surface area contributed by atoms with E-state index in [1.54, 1.807) is 13.8 Å². The first-order chi connectivity index (χ1) is 7.91. The molecule has 0 saturated carbocycles. The highest BCUT2D eigenvalue weighted by atomic mass is 32.2. The maximum atomic E-state index is 11.7.